The number of halogens is 1. The third kappa shape index (κ3) is 5.13. The normalized spacial score (nSPS) is 12.7. The maximum absolute atomic E-state index is 5.41. The number of hydrogen-bond donors (Lipinski definition) is 0. The Morgan fingerprint density at radius 1 is 1.38 bits per heavy atom. The molecular weight excluding hydrogens is 264 g/mol. The van der Waals surface area contributed by atoms with Gasteiger partial charge in [0.25, 0.3) is 0 Å². The summed E-state index contributed by atoms with van der Waals surface area (Å²) in [5.74, 6) is 0.674. The Balaban J connectivity index is 2.43. The van der Waals surface area contributed by atoms with Crippen LogP contribution in [0.15, 0.2) is 24.3 Å². The molecule has 1 atom stereocenters. The van der Waals surface area contributed by atoms with Crippen LogP contribution in [-0.4, -0.2) is 18.5 Å². The topological polar surface area (TPSA) is 9.23 Å². The Labute approximate surface area is 107 Å². The lowest BCUT2D eigenvalue weighted by Gasteiger charge is -2.14. The van der Waals surface area contributed by atoms with Gasteiger partial charge in [0.05, 0.1) is 0 Å². The molecule has 90 valence electrons. The molecule has 0 heterocycles. The lowest BCUT2D eigenvalue weighted by molar-refractivity contribution is 0.134. The smallest absolute Gasteiger partial charge is 0.0468 e. The van der Waals surface area contributed by atoms with Crippen molar-refractivity contribution in [3.63, 3.8) is 0 Å². The zero-order valence-electron chi connectivity index (χ0n) is 10.2. The SMILES string of the molecule is CCOCCC(CBr)Cc1cccc(C)c1. The van der Waals surface area contributed by atoms with Gasteiger partial charge in [-0.05, 0) is 38.2 Å². The quantitative estimate of drug-likeness (QED) is 0.544. The molecular formula is C14H21BrO. The van der Waals surface area contributed by atoms with Gasteiger partial charge in [-0.25, -0.2) is 0 Å². The Kier molecular flexibility index (Phi) is 6.74. The number of benzene rings is 1. The lowest BCUT2D eigenvalue weighted by atomic mass is 9.97. The van der Waals surface area contributed by atoms with Gasteiger partial charge in [0, 0.05) is 18.5 Å². The van der Waals surface area contributed by atoms with E-state index in [0.29, 0.717) is 5.92 Å². The maximum atomic E-state index is 5.41. The zero-order valence-corrected chi connectivity index (χ0v) is 11.8. The number of ether oxygens (including phenoxy) is 1. The van der Waals surface area contributed by atoms with Crippen LogP contribution in [0.1, 0.15) is 24.5 Å². The van der Waals surface area contributed by atoms with E-state index >= 15 is 0 Å². The lowest BCUT2D eigenvalue weighted by Crippen LogP contribution is -2.10. The van der Waals surface area contributed by atoms with Gasteiger partial charge >= 0.3 is 0 Å². The van der Waals surface area contributed by atoms with Gasteiger partial charge in [0.1, 0.15) is 0 Å². The first-order valence-electron chi connectivity index (χ1n) is 5.95. The van der Waals surface area contributed by atoms with Crippen molar-refractivity contribution in [2.45, 2.75) is 26.7 Å². The molecule has 2 heteroatoms. The summed E-state index contributed by atoms with van der Waals surface area (Å²) >= 11 is 3.59. The molecule has 0 amide bonds. The van der Waals surface area contributed by atoms with E-state index in [2.05, 4.69) is 47.1 Å². The number of rotatable bonds is 7. The molecule has 0 aliphatic rings. The van der Waals surface area contributed by atoms with Gasteiger partial charge in [0.2, 0.25) is 0 Å². The second kappa shape index (κ2) is 7.86. The van der Waals surface area contributed by atoms with Crippen molar-refractivity contribution in [1.29, 1.82) is 0 Å². The van der Waals surface area contributed by atoms with E-state index in [9.17, 15) is 0 Å². The molecule has 1 aromatic carbocycles. The summed E-state index contributed by atoms with van der Waals surface area (Å²) in [5.41, 5.74) is 2.77. The highest BCUT2D eigenvalue weighted by atomic mass is 79.9. The monoisotopic (exact) mass is 284 g/mol. The van der Waals surface area contributed by atoms with Gasteiger partial charge < -0.3 is 4.74 Å². The summed E-state index contributed by atoms with van der Waals surface area (Å²) in [4.78, 5) is 0. The highest BCUT2D eigenvalue weighted by molar-refractivity contribution is 9.09. The number of alkyl halides is 1. The van der Waals surface area contributed by atoms with Crippen LogP contribution in [0.25, 0.3) is 0 Å². The van der Waals surface area contributed by atoms with E-state index in [1.165, 1.54) is 11.1 Å². The number of hydrogen-bond acceptors (Lipinski definition) is 1. The second-order valence-corrected chi connectivity index (χ2v) is 4.85. The summed E-state index contributed by atoms with van der Waals surface area (Å²) < 4.78 is 5.41. The van der Waals surface area contributed by atoms with Crippen LogP contribution in [0.5, 0.6) is 0 Å². The largest absolute Gasteiger partial charge is 0.382 e. The summed E-state index contributed by atoms with van der Waals surface area (Å²) in [6.07, 6.45) is 2.27. The van der Waals surface area contributed by atoms with Gasteiger partial charge in [0.15, 0.2) is 0 Å². The van der Waals surface area contributed by atoms with Crippen LogP contribution in [0.3, 0.4) is 0 Å². The molecule has 0 fully saturated rings. The highest BCUT2D eigenvalue weighted by Crippen LogP contribution is 2.16. The molecule has 1 nitrogen and oxygen atoms in total. The van der Waals surface area contributed by atoms with Crippen molar-refractivity contribution < 1.29 is 4.74 Å². The van der Waals surface area contributed by atoms with Crippen LogP contribution in [0.2, 0.25) is 0 Å². The fourth-order valence-corrected chi connectivity index (χ4v) is 2.35. The molecule has 1 aromatic rings. The van der Waals surface area contributed by atoms with Crippen molar-refractivity contribution in [3.8, 4) is 0 Å². The minimum atomic E-state index is 0.674. The Morgan fingerprint density at radius 3 is 2.81 bits per heavy atom. The average Bonchev–Trinajstić information content (AvgIpc) is 2.28. The predicted molar refractivity (Wildman–Crippen MR) is 73.3 cm³/mol. The van der Waals surface area contributed by atoms with Crippen LogP contribution < -0.4 is 0 Å². The zero-order chi connectivity index (χ0) is 11.8. The van der Waals surface area contributed by atoms with Crippen LogP contribution in [-0.2, 0) is 11.2 Å². The molecule has 0 bridgehead atoms. The molecule has 0 radical (unpaired) electrons. The summed E-state index contributed by atoms with van der Waals surface area (Å²) in [5, 5.41) is 1.05. The molecule has 0 saturated carbocycles. The molecule has 0 aromatic heterocycles. The molecule has 0 saturated heterocycles. The molecule has 0 aliphatic carbocycles. The first kappa shape index (κ1) is 13.7. The van der Waals surface area contributed by atoms with E-state index in [1.54, 1.807) is 0 Å². The van der Waals surface area contributed by atoms with E-state index in [0.717, 1.165) is 31.4 Å². The molecule has 16 heavy (non-hydrogen) atoms. The van der Waals surface area contributed by atoms with Crippen LogP contribution in [0.4, 0.5) is 0 Å². The van der Waals surface area contributed by atoms with E-state index in [-0.39, 0.29) is 0 Å². The van der Waals surface area contributed by atoms with Crippen LogP contribution in [0, 0.1) is 12.8 Å². The van der Waals surface area contributed by atoms with Crippen molar-refractivity contribution in [1.82, 2.24) is 0 Å². The van der Waals surface area contributed by atoms with Crippen molar-refractivity contribution in [2.24, 2.45) is 5.92 Å². The minimum absolute atomic E-state index is 0.674. The van der Waals surface area contributed by atoms with E-state index in [1.807, 2.05) is 6.92 Å². The maximum Gasteiger partial charge on any atom is 0.0468 e. The first-order valence-corrected chi connectivity index (χ1v) is 7.07. The first-order chi connectivity index (χ1) is 7.76. The summed E-state index contributed by atoms with van der Waals surface area (Å²) in [6, 6.07) is 8.77. The van der Waals surface area contributed by atoms with E-state index < -0.39 is 0 Å². The number of aryl methyl sites for hydroxylation is 1. The fourth-order valence-electron chi connectivity index (χ4n) is 1.80. The van der Waals surface area contributed by atoms with Gasteiger partial charge in [-0.15, -0.1) is 0 Å². The highest BCUT2D eigenvalue weighted by Gasteiger charge is 2.08. The third-order valence-electron chi connectivity index (χ3n) is 2.70. The Hall–Kier alpha value is -0.340. The molecule has 0 aliphatic heterocycles. The van der Waals surface area contributed by atoms with Crippen molar-refractivity contribution >= 4 is 15.9 Å². The molecule has 1 unspecified atom stereocenters. The molecule has 0 spiro atoms. The van der Waals surface area contributed by atoms with Crippen molar-refractivity contribution in [3.05, 3.63) is 35.4 Å². The molecule has 1 rings (SSSR count). The predicted octanol–water partition coefficient (Wildman–Crippen LogP) is 3.98. The Bertz CT molecular complexity index is 299. The van der Waals surface area contributed by atoms with Gasteiger partial charge in [-0.2, -0.15) is 0 Å². The van der Waals surface area contributed by atoms with Crippen LogP contribution >= 0.6 is 15.9 Å². The Morgan fingerprint density at radius 2 is 2.19 bits per heavy atom. The van der Waals surface area contributed by atoms with Crippen molar-refractivity contribution in [2.75, 3.05) is 18.5 Å². The summed E-state index contributed by atoms with van der Waals surface area (Å²) in [7, 11) is 0. The minimum Gasteiger partial charge on any atom is -0.382 e. The van der Waals surface area contributed by atoms with Gasteiger partial charge in [-0.3, -0.25) is 0 Å². The van der Waals surface area contributed by atoms with Gasteiger partial charge in [-0.1, -0.05) is 45.8 Å². The summed E-state index contributed by atoms with van der Waals surface area (Å²) in [6.45, 7) is 5.88. The second-order valence-electron chi connectivity index (χ2n) is 4.20. The fraction of sp³-hybridized carbons (Fsp3) is 0.571. The average molecular weight is 285 g/mol. The van der Waals surface area contributed by atoms with E-state index in [4.69, 9.17) is 4.74 Å². The third-order valence-corrected chi connectivity index (χ3v) is 3.62. The molecule has 0 N–H and O–H groups in total. The standard InChI is InChI=1S/C14H21BrO/c1-3-16-8-7-14(11-15)10-13-6-4-5-12(2)9-13/h4-6,9,14H,3,7-8,10-11H2,1-2H3.